The Bertz CT molecular complexity index is 1950. The van der Waals surface area contributed by atoms with Crippen molar-refractivity contribution in [2.75, 3.05) is 4.90 Å². The van der Waals surface area contributed by atoms with Crippen molar-refractivity contribution in [3.63, 3.8) is 0 Å². The molecule has 0 fully saturated rings. The summed E-state index contributed by atoms with van der Waals surface area (Å²) in [4.78, 5) is 1.37. The van der Waals surface area contributed by atoms with E-state index in [2.05, 4.69) is 0 Å². The van der Waals surface area contributed by atoms with Gasteiger partial charge in [0.25, 0.3) is 6.71 Å². The second kappa shape index (κ2) is 7.14. The fraction of sp³-hybridized carbons (Fsp3) is 0. The normalized spacial score (nSPS) is 16.8. The third-order valence-corrected chi connectivity index (χ3v) is 6.14. The summed E-state index contributed by atoms with van der Waals surface area (Å²) >= 11 is 0. The maximum absolute atomic E-state index is 9.06. The fourth-order valence-corrected chi connectivity index (χ4v) is 4.77. The van der Waals surface area contributed by atoms with Gasteiger partial charge in [-0.15, -0.1) is 0 Å². The van der Waals surface area contributed by atoms with Crippen molar-refractivity contribution in [3.8, 4) is 22.6 Å². The lowest BCUT2D eigenvalue weighted by Gasteiger charge is -2.40. The average molecular weight is 430 g/mol. The Morgan fingerprint density at radius 1 is 0.636 bits per heavy atom. The minimum atomic E-state index is -0.680. The molecule has 0 aromatic heterocycles. The van der Waals surface area contributed by atoms with Gasteiger partial charge < -0.3 is 9.64 Å². The van der Waals surface area contributed by atoms with Crippen LogP contribution in [0.4, 0.5) is 17.1 Å². The summed E-state index contributed by atoms with van der Waals surface area (Å²) in [7, 11) is 0. The molecule has 0 spiro atoms. The molecule has 2 nitrogen and oxygen atoms in total. The minimum absolute atomic E-state index is 0.0344. The van der Waals surface area contributed by atoms with Gasteiger partial charge in [-0.25, -0.2) is 0 Å². The summed E-state index contributed by atoms with van der Waals surface area (Å²) in [5.74, 6) is 0.992. The van der Waals surface area contributed by atoms with E-state index in [1.165, 1.54) is 4.90 Å². The Morgan fingerprint density at radius 2 is 1.45 bits per heavy atom. The van der Waals surface area contributed by atoms with E-state index >= 15 is 0 Å². The highest BCUT2D eigenvalue weighted by molar-refractivity contribution is 6.99. The lowest BCUT2D eigenvalue weighted by atomic mass is 9.34. The predicted molar refractivity (Wildman–Crippen MR) is 138 cm³/mol. The van der Waals surface area contributed by atoms with Crippen LogP contribution in [0.2, 0.25) is 0 Å². The summed E-state index contributed by atoms with van der Waals surface area (Å²) in [6.45, 7) is -0.680. The van der Waals surface area contributed by atoms with E-state index in [9.17, 15) is 0 Å². The molecule has 0 amide bonds. The Kier molecular flexibility index (Phi) is 2.51. The number of benzene rings is 5. The fourth-order valence-electron chi connectivity index (χ4n) is 4.77. The number of para-hydroxylation sites is 2. The van der Waals surface area contributed by atoms with Gasteiger partial charge in [0.2, 0.25) is 0 Å². The molecule has 2 aliphatic rings. The Hall–Kier alpha value is -4.24. The number of nitrogens with zero attached hydrogens (tertiary/aromatic N) is 1. The van der Waals surface area contributed by atoms with E-state index in [1.54, 1.807) is 18.2 Å². The zero-order chi connectivity index (χ0) is 29.6. The van der Waals surface area contributed by atoms with Crippen molar-refractivity contribution in [1.82, 2.24) is 0 Å². The van der Waals surface area contributed by atoms with E-state index in [1.807, 2.05) is 48.5 Å². The van der Waals surface area contributed by atoms with Gasteiger partial charge in [0.1, 0.15) is 11.5 Å². The first-order valence-electron chi connectivity index (χ1n) is 15.1. The molecule has 2 aliphatic heterocycles. The Labute approximate surface area is 206 Å². The molecule has 0 bridgehead atoms. The number of ether oxygens (including phenoxy) is 1. The summed E-state index contributed by atoms with van der Waals surface area (Å²) in [6.07, 6.45) is 0. The van der Waals surface area contributed by atoms with Gasteiger partial charge in [-0.1, -0.05) is 84.8 Å². The second-order valence-electron chi connectivity index (χ2n) is 7.91. The van der Waals surface area contributed by atoms with Gasteiger partial charge in [-0.05, 0) is 63.8 Å². The highest BCUT2D eigenvalue weighted by Crippen LogP contribution is 2.40. The van der Waals surface area contributed by atoms with E-state index in [0.29, 0.717) is 28.1 Å². The highest BCUT2D eigenvalue weighted by Gasteiger charge is 2.41. The predicted octanol–water partition coefficient (Wildman–Crippen LogP) is 5.76. The largest absolute Gasteiger partial charge is 0.458 e. The smallest absolute Gasteiger partial charge is 0.256 e. The van der Waals surface area contributed by atoms with Crippen LogP contribution in [-0.2, 0) is 0 Å². The van der Waals surface area contributed by atoms with Crippen molar-refractivity contribution < 1.29 is 17.1 Å². The van der Waals surface area contributed by atoms with Crippen LogP contribution in [0.15, 0.2) is 121 Å². The van der Waals surface area contributed by atoms with Crippen molar-refractivity contribution in [2.24, 2.45) is 0 Å². The average Bonchev–Trinajstić information content (AvgIpc) is 3.01. The third-order valence-electron chi connectivity index (χ3n) is 6.14. The van der Waals surface area contributed by atoms with E-state index < -0.39 is 49.0 Å². The molecule has 5 aromatic rings. The zero-order valence-corrected chi connectivity index (χ0v) is 17.3. The first kappa shape index (κ1) is 11.6. The monoisotopic (exact) mass is 430 g/mol. The van der Waals surface area contributed by atoms with Crippen molar-refractivity contribution in [3.05, 3.63) is 121 Å². The molecule has 0 aliphatic carbocycles. The second-order valence-corrected chi connectivity index (χ2v) is 7.91. The zero-order valence-electron chi connectivity index (χ0n) is 26.3. The quantitative estimate of drug-likeness (QED) is 0.324. The lowest BCUT2D eigenvalue weighted by Crippen LogP contribution is -2.59. The van der Waals surface area contributed by atoms with Crippen LogP contribution in [0.5, 0.6) is 11.5 Å². The molecule has 0 radical (unpaired) electrons. The van der Waals surface area contributed by atoms with E-state index in [-0.39, 0.29) is 28.9 Å². The number of hydrogen-bond donors (Lipinski definition) is 0. The van der Waals surface area contributed by atoms with Gasteiger partial charge >= 0.3 is 0 Å². The molecular formula is C30H20BNO. The topological polar surface area (TPSA) is 12.5 Å². The highest BCUT2D eigenvalue weighted by atomic mass is 16.5. The molecule has 154 valence electrons. The van der Waals surface area contributed by atoms with Crippen LogP contribution in [-0.4, -0.2) is 6.71 Å². The minimum Gasteiger partial charge on any atom is -0.458 e. The van der Waals surface area contributed by atoms with E-state index in [0.717, 1.165) is 11.1 Å². The van der Waals surface area contributed by atoms with Crippen molar-refractivity contribution >= 4 is 40.2 Å². The molecule has 0 saturated heterocycles. The van der Waals surface area contributed by atoms with Crippen LogP contribution in [0.3, 0.4) is 0 Å². The lowest BCUT2D eigenvalue weighted by molar-refractivity contribution is 0.487. The van der Waals surface area contributed by atoms with Crippen LogP contribution in [0.1, 0.15) is 12.3 Å². The van der Waals surface area contributed by atoms with Crippen molar-refractivity contribution in [1.29, 1.82) is 0 Å². The summed E-state index contributed by atoms with van der Waals surface area (Å²) in [6, 6.07) is 16.5. The Balaban J connectivity index is 1.61. The summed E-state index contributed by atoms with van der Waals surface area (Å²) in [5.41, 5.74) is 3.62. The third kappa shape index (κ3) is 2.76. The molecule has 2 heterocycles. The van der Waals surface area contributed by atoms with Crippen LogP contribution >= 0.6 is 0 Å². The van der Waals surface area contributed by atoms with E-state index in [4.69, 9.17) is 17.1 Å². The summed E-state index contributed by atoms with van der Waals surface area (Å²) in [5, 5.41) is 0. The molecule has 33 heavy (non-hydrogen) atoms. The number of anilines is 3. The standard InChI is InChI=1S/C30H20BNO/c1-3-10-21(11-4-1)22-18-19-28-25(20-22)31-24-14-7-8-15-26(24)32(23-12-5-2-6-13-23)27-16-9-17-29(33-28)30(27)31/h1-20H/i2D,5D,6D,7D,8D,12D,13D,14D,15D. The maximum atomic E-state index is 9.06. The Morgan fingerprint density at radius 3 is 2.33 bits per heavy atom. The van der Waals surface area contributed by atoms with Gasteiger partial charge in [-0.2, -0.15) is 0 Å². The molecule has 0 N–H and O–H groups in total. The first-order valence-corrected chi connectivity index (χ1v) is 10.6. The molecule has 3 heteroatoms. The molecule has 5 aromatic carbocycles. The van der Waals surface area contributed by atoms with Crippen LogP contribution in [0, 0.1) is 0 Å². The molecule has 0 atom stereocenters. The maximum Gasteiger partial charge on any atom is 0.256 e. The van der Waals surface area contributed by atoms with Gasteiger partial charge in [-0.3, -0.25) is 0 Å². The van der Waals surface area contributed by atoms with Gasteiger partial charge in [0.05, 0.1) is 12.3 Å². The molecule has 7 rings (SSSR count). The number of fused-ring (bicyclic) bond motifs is 4. The number of hydrogen-bond acceptors (Lipinski definition) is 2. The molecule has 0 unspecified atom stereocenters. The van der Waals surface area contributed by atoms with Crippen LogP contribution in [0.25, 0.3) is 11.1 Å². The number of rotatable bonds is 2. The molecular weight excluding hydrogens is 401 g/mol. The first-order chi connectivity index (χ1) is 20.1. The molecule has 0 saturated carbocycles. The van der Waals surface area contributed by atoms with Gasteiger partial charge in [0.15, 0.2) is 0 Å². The van der Waals surface area contributed by atoms with Crippen molar-refractivity contribution in [2.45, 2.75) is 0 Å². The van der Waals surface area contributed by atoms with Crippen LogP contribution < -0.4 is 26.0 Å². The summed E-state index contributed by atoms with van der Waals surface area (Å²) < 4.78 is 83.7. The van der Waals surface area contributed by atoms with Gasteiger partial charge in [0, 0.05) is 17.1 Å². The SMILES string of the molecule is [2H]c1c([2H])c([2H])c(N2c3cccc4c3B(c3cc(-c5ccccc5)ccc3O4)c3c([2H])c([2H])c([2H])c([2H])c32)c([2H])c1[2H].